The van der Waals surface area contributed by atoms with Crippen LogP contribution in [0.15, 0.2) is 89.5 Å². The maximum absolute atomic E-state index is 13.5. The van der Waals surface area contributed by atoms with Crippen LogP contribution in [0.25, 0.3) is 6.08 Å². The van der Waals surface area contributed by atoms with Crippen LogP contribution in [0, 0.1) is 10.1 Å². The summed E-state index contributed by atoms with van der Waals surface area (Å²) >= 11 is 2.67. The number of aryl methyl sites for hydroxylation is 1. The average Bonchev–Trinajstić information content (AvgIpc) is 3.42. The van der Waals surface area contributed by atoms with Gasteiger partial charge in [-0.15, -0.1) is 23.1 Å². The van der Waals surface area contributed by atoms with Gasteiger partial charge in [0.25, 0.3) is 17.5 Å². The van der Waals surface area contributed by atoms with Gasteiger partial charge in [0.2, 0.25) is 5.91 Å². The summed E-state index contributed by atoms with van der Waals surface area (Å²) in [5.74, 6) is -1.98. The number of nitro groups is 1. The van der Waals surface area contributed by atoms with Crippen LogP contribution in [0.4, 0.5) is 16.4 Å². The Morgan fingerprint density at radius 1 is 0.918 bits per heavy atom. The number of para-hydroxylation sites is 1. The second-order valence-corrected chi connectivity index (χ2v) is 13.3. The van der Waals surface area contributed by atoms with Crippen molar-refractivity contribution < 1.29 is 28.8 Å². The zero-order valence-corrected chi connectivity index (χ0v) is 28.3. The number of carbonyl (C=O) groups excluding carboxylic acids is 4. The first kappa shape index (κ1) is 35.0. The Hall–Kier alpha value is -5.27. The average molecular weight is 699 g/mol. The molecular weight excluding hydrogens is 665 g/mol. The third-order valence-corrected chi connectivity index (χ3v) is 9.94. The molecule has 5 rings (SSSR count). The Kier molecular flexibility index (Phi) is 12.0. The highest BCUT2D eigenvalue weighted by molar-refractivity contribution is 8.00. The molecule has 3 aromatic carbocycles. The molecule has 0 atom stereocenters. The molecule has 49 heavy (non-hydrogen) atoms. The largest absolute Gasteiger partial charge is 0.465 e. The molecule has 0 aliphatic heterocycles. The highest BCUT2D eigenvalue weighted by Gasteiger charge is 2.26. The highest BCUT2D eigenvalue weighted by Crippen LogP contribution is 2.38. The van der Waals surface area contributed by atoms with Gasteiger partial charge in [-0.2, -0.15) is 0 Å². The minimum atomic E-state index is -0.703. The van der Waals surface area contributed by atoms with Crippen LogP contribution >= 0.6 is 23.1 Å². The van der Waals surface area contributed by atoms with E-state index in [9.17, 15) is 29.3 Å². The van der Waals surface area contributed by atoms with E-state index in [1.807, 2.05) is 0 Å². The number of anilines is 2. The zero-order valence-electron chi connectivity index (χ0n) is 26.7. The summed E-state index contributed by atoms with van der Waals surface area (Å²) in [7, 11) is 1.34. The monoisotopic (exact) mass is 698 g/mol. The maximum atomic E-state index is 13.5. The molecule has 0 spiro atoms. The smallest absolute Gasteiger partial charge is 0.341 e. The SMILES string of the molecule is COC(=O)c1c(NC(=O)CSc2cccc(NC(=O)/C(=C\c3ccccc3[N+](=O)[O-])NC(=O)c3ccccc3)c2)sc2c1CCCCCC2. The number of esters is 1. The number of thiophene rings is 1. The third-order valence-electron chi connectivity index (χ3n) is 7.74. The second kappa shape index (κ2) is 16.7. The van der Waals surface area contributed by atoms with E-state index in [1.54, 1.807) is 60.7 Å². The van der Waals surface area contributed by atoms with Crippen molar-refractivity contribution in [2.45, 2.75) is 43.4 Å². The maximum Gasteiger partial charge on any atom is 0.341 e. The lowest BCUT2D eigenvalue weighted by Crippen LogP contribution is -2.30. The molecule has 4 aromatic rings. The Morgan fingerprint density at radius 3 is 2.41 bits per heavy atom. The minimum Gasteiger partial charge on any atom is -0.465 e. The van der Waals surface area contributed by atoms with E-state index in [4.69, 9.17) is 4.74 Å². The molecule has 0 unspecified atom stereocenters. The Morgan fingerprint density at radius 2 is 1.65 bits per heavy atom. The van der Waals surface area contributed by atoms with Crippen molar-refractivity contribution in [3.05, 3.63) is 122 Å². The van der Waals surface area contributed by atoms with Crippen LogP contribution in [-0.4, -0.2) is 41.5 Å². The number of benzene rings is 3. The van der Waals surface area contributed by atoms with Gasteiger partial charge in [0.1, 0.15) is 10.7 Å². The Labute approximate surface area is 291 Å². The van der Waals surface area contributed by atoms with Crippen molar-refractivity contribution in [3.63, 3.8) is 0 Å². The van der Waals surface area contributed by atoms with Crippen molar-refractivity contribution >= 4 is 69.2 Å². The molecule has 3 amide bonds. The molecule has 0 fully saturated rings. The first-order valence-electron chi connectivity index (χ1n) is 15.6. The first-order valence-corrected chi connectivity index (χ1v) is 17.4. The van der Waals surface area contributed by atoms with Crippen molar-refractivity contribution in [1.82, 2.24) is 5.32 Å². The van der Waals surface area contributed by atoms with Gasteiger partial charge >= 0.3 is 5.97 Å². The van der Waals surface area contributed by atoms with Crippen molar-refractivity contribution in [2.24, 2.45) is 0 Å². The van der Waals surface area contributed by atoms with Crippen LogP contribution < -0.4 is 16.0 Å². The fraction of sp³-hybridized carbons (Fsp3) is 0.222. The molecule has 0 radical (unpaired) electrons. The molecule has 1 aliphatic carbocycles. The van der Waals surface area contributed by atoms with E-state index in [1.165, 1.54) is 54.5 Å². The number of hydrogen-bond acceptors (Lipinski definition) is 9. The number of nitrogens with one attached hydrogen (secondary N) is 3. The standard InChI is InChI=1S/C36H34N4O7S2/c1-47-36(44)32-27-17-7-2-3-8-19-30(27)49-35(32)39-31(41)22-48-26-16-11-15-25(21-26)37-34(43)28(38-33(42)23-12-5-4-6-13-23)20-24-14-9-10-18-29(24)40(45)46/h4-6,9-16,18,20-21H,2-3,7-8,17,19,22H2,1H3,(H,37,43)(H,38,42)(H,39,41)/b28-20+. The van der Waals surface area contributed by atoms with Crippen LogP contribution in [0.1, 0.15) is 62.4 Å². The summed E-state index contributed by atoms with van der Waals surface area (Å²) < 4.78 is 5.06. The van der Waals surface area contributed by atoms with E-state index >= 15 is 0 Å². The molecule has 0 saturated heterocycles. The molecule has 0 bridgehead atoms. The summed E-state index contributed by atoms with van der Waals surface area (Å²) in [6, 6.07) is 21.0. The topological polar surface area (TPSA) is 157 Å². The highest BCUT2D eigenvalue weighted by atomic mass is 32.2. The van der Waals surface area contributed by atoms with E-state index in [0.29, 0.717) is 26.7 Å². The van der Waals surface area contributed by atoms with E-state index in [2.05, 4.69) is 16.0 Å². The van der Waals surface area contributed by atoms with Crippen molar-refractivity contribution in [3.8, 4) is 0 Å². The number of thioether (sulfide) groups is 1. The summed E-state index contributed by atoms with van der Waals surface area (Å²) in [4.78, 5) is 65.1. The molecule has 1 heterocycles. The molecule has 11 nitrogen and oxygen atoms in total. The second-order valence-electron chi connectivity index (χ2n) is 11.1. The van der Waals surface area contributed by atoms with Crippen LogP contribution in [0.2, 0.25) is 0 Å². The van der Waals surface area contributed by atoms with Crippen molar-refractivity contribution in [2.75, 3.05) is 23.5 Å². The predicted octanol–water partition coefficient (Wildman–Crippen LogP) is 7.24. The van der Waals surface area contributed by atoms with Gasteiger partial charge in [0.05, 0.1) is 28.9 Å². The van der Waals surface area contributed by atoms with Gasteiger partial charge in [-0.1, -0.05) is 49.2 Å². The van der Waals surface area contributed by atoms with E-state index in [-0.39, 0.29) is 28.6 Å². The third kappa shape index (κ3) is 9.21. The summed E-state index contributed by atoms with van der Waals surface area (Å²) in [6.45, 7) is 0. The zero-order chi connectivity index (χ0) is 34.8. The molecule has 3 N–H and O–H groups in total. The van der Waals surface area contributed by atoms with E-state index < -0.39 is 22.7 Å². The lowest BCUT2D eigenvalue weighted by atomic mass is 9.96. The van der Waals surface area contributed by atoms with Gasteiger partial charge in [-0.25, -0.2) is 4.79 Å². The predicted molar refractivity (Wildman–Crippen MR) is 191 cm³/mol. The fourth-order valence-corrected chi connectivity index (χ4v) is 7.42. The molecule has 13 heteroatoms. The molecule has 1 aromatic heterocycles. The van der Waals surface area contributed by atoms with Crippen LogP contribution in [-0.2, 0) is 27.2 Å². The van der Waals surface area contributed by atoms with E-state index in [0.717, 1.165) is 49.0 Å². The Balaban J connectivity index is 1.30. The Bertz CT molecular complexity index is 1910. The number of rotatable bonds is 11. The number of amides is 3. The summed E-state index contributed by atoms with van der Waals surface area (Å²) in [5, 5.41) is 20.4. The number of carbonyl (C=O) groups is 4. The lowest BCUT2D eigenvalue weighted by Gasteiger charge is -2.12. The van der Waals surface area contributed by atoms with Gasteiger partial charge in [-0.3, -0.25) is 24.5 Å². The number of ether oxygens (including phenoxy) is 1. The fourth-order valence-electron chi connectivity index (χ4n) is 5.37. The summed E-state index contributed by atoms with van der Waals surface area (Å²) in [6.07, 6.45) is 7.14. The molecular formula is C36H34N4O7S2. The van der Waals surface area contributed by atoms with Gasteiger partial charge in [0, 0.05) is 27.1 Å². The van der Waals surface area contributed by atoms with Crippen LogP contribution in [0.3, 0.4) is 0 Å². The molecule has 1 aliphatic rings. The summed E-state index contributed by atoms with van der Waals surface area (Å²) in [5.41, 5.74) is 1.79. The quantitative estimate of drug-likeness (QED) is 0.0487. The minimum absolute atomic E-state index is 0.0382. The van der Waals surface area contributed by atoms with Crippen LogP contribution in [0.5, 0.6) is 0 Å². The first-order chi connectivity index (χ1) is 23.7. The number of hydrogen-bond donors (Lipinski definition) is 3. The molecule has 252 valence electrons. The van der Waals surface area contributed by atoms with Gasteiger partial charge in [-0.05, 0) is 73.7 Å². The van der Waals surface area contributed by atoms with Gasteiger partial charge in [0.15, 0.2) is 0 Å². The lowest BCUT2D eigenvalue weighted by molar-refractivity contribution is -0.385. The molecule has 0 saturated carbocycles. The number of nitro benzene ring substituents is 1. The number of fused-ring (bicyclic) bond motifs is 1. The van der Waals surface area contributed by atoms with Gasteiger partial charge < -0.3 is 20.7 Å². The normalized spacial score (nSPS) is 12.9. The number of nitrogens with zero attached hydrogens (tertiary/aromatic N) is 1. The van der Waals surface area contributed by atoms with Crippen molar-refractivity contribution in [1.29, 1.82) is 0 Å². The number of methoxy groups -OCH3 is 1.